The smallest absolute Gasteiger partial charge is 0.115 e. The number of ether oxygens (including phenoxy) is 2. The molecule has 0 aromatic rings. The van der Waals surface area contributed by atoms with E-state index in [4.69, 9.17) is 14.6 Å². The predicted molar refractivity (Wildman–Crippen MR) is 43.7 cm³/mol. The monoisotopic (exact) mass is 191 g/mol. The van der Waals surface area contributed by atoms with Gasteiger partial charge in [-0.05, 0) is 6.92 Å². The molecule has 1 heterocycles. The highest BCUT2D eigenvalue weighted by molar-refractivity contribution is 4.91. The van der Waals surface area contributed by atoms with Crippen molar-refractivity contribution in [2.75, 3.05) is 13.2 Å². The van der Waals surface area contributed by atoms with Crippen LogP contribution in [-0.4, -0.2) is 52.9 Å². The van der Waals surface area contributed by atoms with E-state index in [1.807, 2.05) is 6.92 Å². The number of hydrogen-bond donors (Lipinski definition) is 3. The minimum absolute atomic E-state index is 0.206. The fraction of sp³-hybridized carbons (Fsp3) is 0.875. The lowest BCUT2D eigenvalue weighted by molar-refractivity contribution is -0.174. The Hall–Kier alpha value is -0.200. The van der Waals surface area contributed by atoms with E-state index in [-0.39, 0.29) is 6.61 Å². The standard InChI is InChI=1S/C8H15O5/c1-2-12-4-6-8(11)7(10)5(9)3-13-6/h3,5-11H,2,4H2,1H3/t5-,6+,7+,8-/m0/s1. The van der Waals surface area contributed by atoms with Gasteiger partial charge in [0.05, 0.1) is 6.61 Å². The Labute approximate surface area is 76.9 Å². The van der Waals surface area contributed by atoms with E-state index in [1.54, 1.807) is 0 Å². The lowest BCUT2D eigenvalue weighted by atomic mass is 10.0. The van der Waals surface area contributed by atoms with Crippen LogP contribution >= 0.6 is 0 Å². The zero-order chi connectivity index (χ0) is 9.84. The van der Waals surface area contributed by atoms with Crippen LogP contribution in [0.25, 0.3) is 0 Å². The van der Waals surface area contributed by atoms with Gasteiger partial charge in [0.25, 0.3) is 0 Å². The maximum Gasteiger partial charge on any atom is 0.115 e. The van der Waals surface area contributed by atoms with E-state index in [2.05, 4.69) is 0 Å². The molecule has 5 heteroatoms. The van der Waals surface area contributed by atoms with Crippen LogP contribution in [0.15, 0.2) is 0 Å². The molecular weight excluding hydrogens is 176 g/mol. The van der Waals surface area contributed by atoms with Crippen LogP contribution in [0.5, 0.6) is 0 Å². The first kappa shape index (κ1) is 10.9. The topological polar surface area (TPSA) is 79.2 Å². The van der Waals surface area contributed by atoms with Gasteiger partial charge in [-0.15, -0.1) is 0 Å². The lowest BCUT2D eigenvalue weighted by Gasteiger charge is -2.34. The number of rotatable bonds is 3. The average molecular weight is 191 g/mol. The molecule has 0 aromatic heterocycles. The highest BCUT2D eigenvalue weighted by Crippen LogP contribution is 2.18. The molecule has 0 amide bonds. The van der Waals surface area contributed by atoms with Gasteiger partial charge in [-0.3, -0.25) is 0 Å². The molecule has 1 aliphatic rings. The normalized spacial score (nSPS) is 40.6. The van der Waals surface area contributed by atoms with Gasteiger partial charge in [0, 0.05) is 6.61 Å². The van der Waals surface area contributed by atoms with Gasteiger partial charge < -0.3 is 24.8 Å². The Morgan fingerprint density at radius 1 is 1.31 bits per heavy atom. The number of aliphatic hydroxyl groups excluding tert-OH is 3. The molecule has 4 atom stereocenters. The second kappa shape index (κ2) is 4.88. The molecule has 1 radical (unpaired) electrons. The summed E-state index contributed by atoms with van der Waals surface area (Å²) < 4.78 is 9.99. The van der Waals surface area contributed by atoms with Crippen LogP contribution in [0.4, 0.5) is 0 Å². The van der Waals surface area contributed by atoms with Crippen molar-refractivity contribution in [3.05, 3.63) is 6.61 Å². The van der Waals surface area contributed by atoms with Gasteiger partial charge in [-0.2, -0.15) is 0 Å². The summed E-state index contributed by atoms with van der Waals surface area (Å²) in [7, 11) is 0. The largest absolute Gasteiger partial charge is 0.388 e. The van der Waals surface area contributed by atoms with Crippen LogP contribution in [-0.2, 0) is 9.47 Å². The van der Waals surface area contributed by atoms with E-state index in [0.717, 1.165) is 6.61 Å². The Morgan fingerprint density at radius 3 is 2.62 bits per heavy atom. The minimum atomic E-state index is -1.20. The van der Waals surface area contributed by atoms with Gasteiger partial charge in [0.2, 0.25) is 0 Å². The average Bonchev–Trinajstić information content (AvgIpc) is 2.13. The van der Waals surface area contributed by atoms with E-state index >= 15 is 0 Å². The summed E-state index contributed by atoms with van der Waals surface area (Å²) in [5.74, 6) is 0. The molecule has 77 valence electrons. The van der Waals surface area contributed by atoms with E-state index in [9.17, 15) is 10.2 Å². The Morgan fingerprint density at radius 2 is 2.00 bits per heavy atom. The molecule has 1 saturated heterocycles. The van der Waals surface area contributed by atoms with Crippen molar-refractivity contribution in [1.29, 1.82) is 0 Å². The van der Waals surface area contributed by atoms with E-state index in [0.29, 0.717) is 6.61 Å². The van der Waals surface area contributed by atoms with Crippen LogP contribution in [0.1, 0.15) is 6.92 Å². The molecule has 1 rings (SSSR count). The second-order valence-corrected chi connectivity index (χ2v) is 2.94. The van der Waals surface area contributed by atoms with Crippen molar-refractivity contribution in [2.24, 2.45) is 0 Å². The van der Waals surface area contributed by atoms with Crippen LogP contribution in [0, 0.1) is 6.61 Å². The molecule has 0 spiro atoms. The van der Waals surface area contributed by atoms with Gasteiger partial charge in [-0.1, -0.05) is 0 Å². The van der Waals surface area contributed by atoms with Crippen molar-refractivity contribution in [1.82, 2.24) is 0 Å². The van der Waals surface area contributed by atoms with Crippen molar-refractivity contribution in [3.8, 4) is 0 Å². The first-order valence-corrected chi connectivity index (χ1v) is 4.27. The Balaban J connectivity index is 2.39. The molecule has 13 heavy (non-hydrogen) atoms. The first-order valence-electron chi connectivity index (χ1n) is 4.27. The number of hydrogen-bond acceptors (Lipinski definition) is 5. The molecule has 5 nitrogen and oxygen atoms in total. The molecule has 1 aliphatic heterocycles. The fourth-order valence-electron chi connectivity index (χ4n) is 1.14. The third-order valence-electron chi connectivity index (χ3n) is 1.96. The molecule has 0 saturated carbocycles. The van der Waals surface area contributed by atoms with Crippen molar-refractivity contribution < 1.29 is 24.8 Å². The summed E-state index contributed by atoms with van der Waals surface area (Å²) in [6.45, 7) is 3.66. The summed E-state index contributed by atoms with van der Waals surface area (Å²) in [6, 6.07) is 0. The van der Waals surface area contributed by atoms with Crippen molar-refractivity contribution in [3.63, 3.8) is 0 Å². The van der Waals surface area contributed by atoms with Gasteiger partial charge in [0.1, 0.15) is 31.0 Å². The highest BCUT2D eigenvalue weighted by atomic mass is 16.6. The zero-order valence-electron chi connectivity index (χ0n) is 7.46. The summed E-state index contributed by atoms with van der Waals surface area (Å²) >= 11 is 0. The molecule has 0 bridgehead atoms. The molecule has 0 aromatic carbocycles. The summed E-state index contributed by atoms with van der Waals surface area (Å²) in [6.07, 6.45) is -4.03. The quantitative estimate of drug-likeness (QED) is 0.515. The lowest BCUT2D eigenvalue weighted by Crippen LogP contribution is -2.52. The van der Waals surface area contributed by atoms with Crippen LogP contribution in [0.3, 0.4) is 0 Å². The number of aliphatic hydroxyl groups is 3. The predicted octanol–water partition coefficient (Wildman–Crippen LogP) is -1.33. The Bertz CT molecular complexity index is 149. The van der Waals surface area contributed by atoms with E-state index < -0.39 is 24.4 Å². The van der Waals surface area contributed by atoms with Gasteiger partial charge >= 0.3 is 0 Å². The maximum atomic E-state index is 9.40. The molecule has 3 N–H and O–H groups in total. The summed E-state index contributed by atoms with van der Waals surface area (Å²) in [5.41, 5.74) is 0. The maximum absolute atomic E-state index is 9.40. The van der Waals surface area contributed by atoms with Crippen molar-refractivity contribution >= 4 is 0 Å². The molecule has 0 unspecified atom stereocenters. The molecule has 0 aliphatic carbocycles. The highest BCUT2D eigenvalue weighted by Gasteiger charge is 2.37. The second-order valence-electron chi connectivity index (χ2n) is 2.94. The third kappa shape index (κ3) is 2.62. The SMILES string of the molecule is CCOC[C@H]1O[CH][C@H](O)[C@@H](O)[C@H]1O. The molecular formula is C8H15O5. The van der Waals surface area contributed by atoms with Crippen LogP contribution in [0.2, 0.25) is 0 Å². The minimum Gasteiger partial charge on any atom is -0.388 e. The van der Waals surface area contributed by atoms with Gasteiger partial charge in [0.15, 0.2) is 0 Å². The van der Waals surface area contributed by atoms with Crippen molar-refractivity contribution in [2.45, 2.75) is 31.3 Å². The summed E-state index contributed by atoms with van der Waals surface area (Å²) in [4.78, 5) is 0. The third-order valence-corrected chi connectivity index (χ3v) is 1.96. The zero-order valence-corrected chi connectivity index (χ0v) is 7.46. The Kier molecular flexibility index (Phi) is 4.08. The summed E-state index contributed by atoms with van der Waals surface area (Å²) in [5, 5.41) is 27.7. The first-order chi connectivity index (χ1) is 6.16. The van der Waals surface area contributed by atoms with Gasteiger partial charge in [-0.25, -0.2) is 0 Å². The van der Waals surface area contributed by atoms with Crippen LogP contribution < -0.4 is 0 Å². The van der Waals surface area contributed by atoms with E-state index in [1.165, 1.54) is 0 Å². The fourth-order valence-corrected chi connectivity index (χ4v) is 1.14. The molecule has 1 fully saturated rings.